The third-order valence-corrected chi connectivity index (χ3v) is 4.68. The van der Waals surface area contributed by atoms with E-state index in [-0.39, 0.29) is 25.5 Å². The Hall–Kier alpha value is -1.47. The molecule has 3 heterocycles. The van der Waals surface area contributed by atoms with E-state index in [1.807, 2.05) is 0 Å². The third-order valence-electron chi connectivity index (χ3n) is 4.33. The number of primary amides is 1. The lowest BCUT2D eigenvalue weighted by molar-refractivity contribution is -0.186. The molecule has 23 heavy (non-hydrogen) atoms. The molecular weight excluding hydrogens is 332 g/mol. The first-order chi connectivity index (χ1) is 10.7. The first kappa shape index (κ1) is 16.4. The Kier molecular flexibility index (Phi) is 3.96. The van der Waals surface area contributed by atoms with Crippen molar-refractivity contribution in [3.05, 3.63) is 0 Å². The van der Waals surface area contributed by atoms with Gasteiger partial charge < -0.3 is 15.8 Å². The highest BCUT2D eigenvalue weighted by Crippen LogP contribution is 2.39. The number of rotatable bonds is 5. The molecule has 0 aromatic carbocycles. The van der Waals surface area contributed by atoms with Crippen LogP contribution in [0, 0.1) is 0 Å². The Morgan fingerprint density at radius 3 is 2.74 bits per heavy atom. The molecule has 3 fully saturated rings. The van der Waals surface area contributed by atoms with E-state index >= 15 is 0 Å². The van der Waals surface area contributed by atoms with Gasteiger partial charge in [-0.05, 0) is 19.4 Å². The van der Waals surface area contributed by atoms with Gasteiger partial charge in [0.25, 0.3) is 5.91 Å². The number of amides is 3. The molecule has 3 atom stereocenters. The number of urea groups is 1. The van der Waals surface area contributed by atoms with Crippen LogP contribution in [0.15, 0.2) is 0 Å². The maximum absolute atomic E-state index is 12.4. The molecule has 3 amide bonds. The Labute approximate surface area is 132 Å². The summed E-state index contributed by atoms with van der Waals surface area (Å²) in [6.45, 7) is 1.29. The summed E-state index contributed by atoms with van der Waals surface area (Å²) in [5, 5.41) is 3.64. The zero-order valence-corrected chi connectivity index (χ0v) is 13.0. The summed E-state index contributed by atoms with van der Waals surface area (Å²) >= 11 is 0. The van der Waals surface area contributed by atoms with E-state index in [2.05, 4.69) is 9.60 Å². The third kappa shape index (κ3) is 2.87. The zero-order valence-electron chi connectivity index (χ0n) is 12.2. The molecular formula is C11H18N4O7S. The maximum Gasteiger partial charge on any atom is 0.418 e. The number of piperidine rings is 1. The highest BCUT2D eigenvalue weighted by atomic mass is 32.3. The van der Waals surface area contributed by atoms with Gasteiger partial charge in [0, 0.05) is 19.5 Å². The zero-order chi connectivity index (χ0) is 16.8. The largest absolute Gasteiger partial charge is 0.418 e. The molecule has 0 saturated carbocycles. The second kappa shape index (κ2) is 5.56. The average Bonchev–Trinajstić information content (AvgIpc) is 3.03. The van der Waals surface area contributed by atoms with Crippen molar-refractivity contribution < 1.29 is 31.6 Å². The lowest BCUT2D eigenvalue weighted by atomic mass is 9.96. The summed E-state index contributed by atoms with van der Waals surface area (Å²) in [4.78, 5) is 25.5. The summed E-state index contributed by atoms with van der Waals surface area (Å²) in [6, 6.07) is -1.49. The molecule has 0 radical (unpaired) electrons. The van der Waals surface area contributed by atoms with E-state index in [1.165, 1.54) is 0 Å². The monoisotopic (exact) mass is 350 g/mol. The van der Waals surface area contributed by atoms with E-state index in [0.29, 0.717) is 18.0 Å². The molecule has 2 bridgehead atoms. The Balaban J connectivity index is 1.86. The predicted octanol–water partition coefficient (Wildman–Crippen LogP) is -1.82. The van der Waals surface area contributed by atoms with Crippen LogP contribution in [0.4, 0.5) is 4.79 Å². The molecule has 3 aliphatic heterocycles. The van der Waals surface area contributed by atoms with Crippen LogP contribution in [0.3, 0.4) is 0 Å². The van der Waals surface area contributed by atoms with Crippen molar-refractivity contribution in [1.82, 2.24) is 15.3 Å². The number of hydrogen-bond acceptors (Lipinski definition) is 7. The smallest absolute Gasteiger partial charge is 0.365 e. The summed E-state index contributed by atoms with van der Waals surface area (Å²) in [7, 11) is -4.85. The van der Waals surface area contributed by atoms with Crippen LogP contribution in [0.25, 0.3) is 0 Å². The van der Waals surface area contributed by atoms with Gasteiger partial charge >= 0.3 is 16.4 Å². The second-order valence-electron chi connectivity index (χ2n) is 5.80. The van der Waals surface area contributed by atoms with Gasteiger partial charge in [-0.15, -0.1) is 4.28 Å². The second-order valence-corrected chi connectivity index (χ2v) is 6.80. The number of nitrogens with two attached hydrogens (primary N) is 1. The fourth-order valence-electron chi connectivity index (χ4n) is 3.28. The van der Waals surface area contributed by atoms with Crippen molar-refractivity contribution in [2.75, 3.05) is 19.6 Å². The number of carbonyl (C=O) groups excluding carboxylic acids is 2. The first-order valence-corrected chi connectivity index (χ1v) is 8.56. The highest BCUT2D eigenvalue weighted by molar-refractivity contribution is 7.80. The minimum Gasteiger partial charge on any atom is -0.365 e. The van der Waals surface area contributed by atoms with Crippen molar-refractivity contribution in [1.29, 1.82) is 0 Å². The molecule has 130 valence electrons. The van der Waals surface area contributed by atoms with Crippen molar-refractivity contribution in [3.63, 3.8) is 0 Å². The van der Waals surface area contributed by atoms with Crippen molar-refractivity contribution >= 4 is 22.3 Å². The van der Waals surface area contributed by atoms with Crippen LogP contribution in [-0.2, 0) is 24.2 Å². The summed E-state index contributed by atoms with van der Waals surface area (Å²) in [6.07, 6.45) is 0.774. The number of nitrogens with zero attached hydrogens (tertiary/aromatic N) is 2. The minimum absolute atomic E-state index is 0.0252. The molecule has 0 aliphatic carbocycles. The predicted molar refractivity (Wildman–Crippen MR) is 73.9 cm³/mol. The van der Waals surface area contributed by atoms with Crippen LogP contribution in [-0.4, -0.2) is 72.4 Å². The number of ether oxygens (including phenoxy) is 1. The van der Waals surface area contributed by atoms with Gasteiger partial charge in [-0.2, -0.15) is 13.5 Å². The van der Waals surface area contributed by atoms with Crippen molar-refractivity contribution in [2.45, 2.75) is 37.1 Å². The number of fused-ring (bicyclic) bond motifs is 2. The molecule has 0 spiro atoms. The maximum atomic E-state index is 12.4. The molecule has 3 saturated heterocycles. The topological polar surface area (TPSA) is 151 Å². The highest BCUT2D eigenvalue weighted by Gasteiger charge is 2.59. The molecule has 11 nitrogen and oxygen atoms in total. The summed E-state index contributed by atoms with van der Waals surface area (Å²) in [5.41, 5.74) is 3.86. The van der Waals surface area contributed by atoms with E-state index in [4.69, 9.17) is 15.0 Å². The average molecular weight is 350 g/mol. The fourth-order valence-corrected chi connectivity index (χ4v) is 3.67. The standard InChI is InChI=1S/C11H18N4O7S/c12-9(16)11(21-8-2-4-13-5-8)3-1-7-6-14(11)10(17)15(7)22-23(18,19)20/h7-8,13H,1-6H2,(H2,12,16)(H,18,19,20)/t7-,8?,11+/m1/s1. The molecule has 3 rings (SSSR count). The van der Waals surface area contributed by atoms with Crippen LogP contribution < -0.4 is 11.1 Å². The van der Waals surface area contributed by atoms with Crippen molar-refractivity contribution in [2.24, 2.45) is 5.73 Å². The molecule has 12 heteroatoms. The van der Waals surface area contributed by atoms with Crippen LogP contribution in [0.5, 0.6) is 0 Å². The van der Waals surface area contributed by atoms with E-state index in [1.54, 1.807) is 0 Å². The van der Waals surface area contributed by atoms with Crippen LogP contribution >= 0.6 is 0 Å². The SMILES string of the molecule is NC(=O)[C@@]1(OC2CCNC2)CC[C@@H]2CN1C(=O)N2OS(=O)(=O)O. The van der Waals surface area contributed by atoms with Gasteiger partial charge in [-0.25, -0.2) is 4.79 Å². The van der Waals surface area contributed by atoms with Gasteiger partial charge in [0.2, 0.25) is 5.72 Å². The van der Waals surface area contributed by atoms with Gasteiger partial charge in [0.15, 0.2) is 0 Å². The van der Waals surface area contributed by atoms with Crippen LogP contribution in [0.1, 0.15) is 19.3 Å². The number of hydroxylamine groups is 2. The molecule has 1 unspecified atom stereocenters. The summed E-state index contributed by atoms with van der Waals surface area (Å²) < 4.78 is 40.7. The van der Waals surface area contributed by atoms with E-state index < -0.39 is 34.1 Å². The normalized spacial score (nSPS) is 34.2. The number of nitrogens with one attached hydrogen (secondary N) is 1. The molecule has 0 aromatic heterocycles. The number of hydrogen-bond donors (Lipinski definition) is 3. The Morgan fingerprint density at radius 2 is 2.17 bits per heavy atom. The van der Waals surface area contributed by atoms with Gasteiger partial charge in [0.1, 0.15) is 0 Å². The van der Waals surface area contributed by atoms with Crippen molar-refractivity contribution in [3.8, 4) is 0 Å². The van der Waals surface area contributed by atoms with Gasteiger partial charge in [-0.1, -0.05) is 0 Å². The Bertz CT molecular complexity index is 620. The minimum atomic E-state index is -4.85. The molecule has 3 aliphatic rings. The van der Waals surface area contributed by atoms with E-state index in [0.717, 1.165) is 11.4 Å². The first-order valence-electron chi connectivity index (χ1n) is 7.19. The van der Waals surface area contributed by atoms with E-state index in [9.17, 15) is 18.0 Å². The fraction of sp³-hybridized carbons (Fsp3) is 0.818. The molecule has 4 N–H and O–H groups in total. The van der Waals surface area contributed by atoms with Gasteiger partial charge in [-0.3, -0.25) is 14.2 Å². The number of carbonyl (C=O) groups is 2. The Morgan fingerprint density at radius 1 is 1.43 bits per heavy atom. The van der Waals surface area contributed by atoms with Crippen LogP contribution in [0.2, 0.25) is 0 Å². The quantitative estimate of drug-likeness (QED) is 0.490. The lowest BCUT2D eigenvalue weighted by Crippen LogP contribution is -2.63. The summed E-state index contributed by atoms with van der Waals surface area (Å²) in [5.74, 6) is -0.815. The molecule has 0 aromatic rings. The lowest BCUT2D eigenvalue weighted by Gasteiger charge is -2.41. The van der Waals surface area contributed by atoms with Gasteiger partial charge in [0.05, 0.1) is 12.1 Å².